The SMILES string of the molecule is CCCNC(=O)c1cccc(OCc2c(C)noc2C)c1. The number of aryl methyl sites for hydroxylation is 2. The number of benzene rings is 1. The number of carbonyl (C=O) groups is 1. The Bertz CT molecular complexity index is 600. The summed E-state index contributed by atoms with van der Waals surface area (Å²) in [6.07, 6.45) is 0.911. The van der Waals surface area contributed by atoms with Crippen molar-refractivity contribution in [1.82, 2.24) is 10.5 Å². The maximum absolute atomic E-state index is 11.9. The number of aromatic nitrogens is 1. The van der Waals surface area contributed by atoms with E-state index in [1.165, 1.54) is 0 Å². The molecular weight excluding hydrogens is 268 g/mol. The quantitative estimate of drug-likeness (QED) is 0.887. The highest BCUT2D eigenvalue weighted by Gasteiger charge is 2.10. The van der Waals surface area contributed by atoms with E-state index in [4.69, 9.17) is 9.26 Å². The van der Waals surface area contributed by atoms with Gasteiger partial charge in [0.05, 0.1) is 11.3 Å². The summed E-state index contributed by atoms with van der Waals surface area (Å²) in [7, 11) is 0. The highest BCUT2D eigenvalue weighted by atomic mass is 16.5. The Hall–Kier alpha value is -2.30. The average Bonchev–Trinajstić information content (AvgIpc) is 2.82. The smallest absolute Gasteiger partial charge is 0.251 e. The standard InChI is InChI=1S/C16H20N2O3/c1-4-8-17-16(19)13-6-5-7-14(9-13)20-10-15-11(2)18-21-12(15)3/h5-7,9H,4,8,10H2,1-3H3,(H,17,19). The summed E-state index contributed by atoms with van der Waals surface area (Å²) in [6, 6.07) is 7.15. The molecule has 2 rings (SSSR count). The number of carbonyl (C=O) groups excluding carboxylic acids is 1. The number of amides is 1. The molecule has 21 heavy (non-hydrogen) atoms. The third-order valence-corrected chi connectivity index (χ3v) is 3.20. The van der Waals surface area contributed by atoms with Crippen LogP contribution in [0.1, 0.15) is 40.7 Å². The van der Waals surface area contributed by atoms with Gasteiger partial charge in [0.1, 0.15) is 18.1 Å². The summed E-state index contributed by atoms with van der Waals surface area (Å²) >= 11 is 0. The molecule has 0 aliphatic rings. The Kier molecular flexibility index (Phi) is 4.98. The number of nitrogens with zero attached hydrogens (tertiary/aromatic N) is 1. The van der Waals surface area contributed by atoms with Crippen molar-refractivity contribution in [3.05, 3.63) is 46.8 Å². The Morgan fingerprint density at radius 2 is 2.19 bits per heavy atom. The van der Waals surface area contributed by atoms with Crippen LogP contribution >= 0.6 is 0 Å². The first-order valence-electron chi connectivity index (χ1n) is 7.04. The van der Waals surface area contributed by atoms with E-state index >= 15 is 0 Å². The maximum Gasteiger partial charge on any atom is 0.251 e. The highest BCUT2D eigenvalue weighted by molar-refractivity contribution is 5.94. The fraction of sp³-hybridized carbons (Fsp3) is 0.375. The van der Waals surface area contributed by atoms with Crippen LogP contribution in [0.25, 0.3) is 0 Å². The molecule has 1 N–H and O–H groups in total. The molecule has 112 valence electrons. The van der Waals surface area contributed by atoms with Crippen molar-refractivity contribution < 1.29 is 14.1 Å². The van der Waals surface area contributed by atoms with Gasteiger partial charge in [0, 0.05) is 12.1 Å². The Morgan fingerprint density at radius 3 is 2.86 bits per heavy atom. The number of hydrogen-bond donors (Lipinski definition) is 1. The van der Waals surface area contributed by atoms with Gasteiger partial charge in [0.2, 0.25) is 0 Å². The normalized spacial score (nSPS) is 10.4. The lowest BCUT2D eigenvalue weighted by Gasteiger charge is -2.08. The second-order valence-electron chi connectivity index (χ2n) is 4.88. The van der Waals surface area contributed by atoms with Gasteiger partial charge in [-0.1, -0.05) is 18.1 Å². The van der Waals surface area contributed by atoms with Crippen molar-refractivity contribution in [3.63, 3.8) is 0 Å². The maximum atomic E-state index is 11.9. The van der Waals surface area contributed by atoms with Gasteiger partial charge < -0.3 is 14.6 Å². The first-order valence-corrected chi connectivity index (χ1v) is 7.04. The molecule has 0 bridgehead atoms. The molecule has 1 amide bonds. The molecule has 0 saturated carbocycles. The van der Waals surface area contributed by atoms with Crippen molar-refractivity contribution >= 4 is 5.91 Å². The van der Waals surface area contributed by atoms with Gasteiger partial charge in [0.15, 0.2) is 0 Å². The zero-order valence-corrected chi connectivity index (χ0v) is 12.6. The molecule has 0 fully saturated rings. The van der Waals surface area contributed by atoms with Crippen LogP contribution in [-0.4, -0.2) is 17.6 Å². The van der Waals surface area contributed by atoms with E-state index < -0.39 is 0 Å². The molecule has 1 heterocycles. The van der Waals surface area contributed by atoms with Gasteiger partial charge in [-0.05, 0) is 38.5 Å². The lowest BCUT2D eigenvalue weighted by atomic mass is 10.2. The molecule has 0 atom stereocenters. The molecular formula is C16H20N2O3. The molecule has 5 heteroatoms. The summed E-state index contributed by atoms with van der Waals surface area (Å²) in [5, 5.41) is 6.73. The van der Waals surface area contributed by atoms with Crippen molar-refractivity contribution in [1.29, 1.82) is 0 Å². The van der Waals surface area contributed by atoms with Crippen LogP contribution in [0.3, 0.4) is 0 Å². The second kappa shape index (κ2) is 6.92. The third-order valence-electron chi connectivity index (χ3n) is 3.20. The molecule has 1 aromatic carbocycles. The summed E-state index contributed by atoms with van der Waals surface area (Å²) in [5.41, 5.74) is 2.36. The Labute approximate surface area is 124 Å². The molecule has 0 radical (unpaired) electrons. The summed E-state index contributed by atoms with van der Waals surface area (Å²) < 4.78 is 10.8. The van der Waals surface area contributed by atoms with Crippen LogP contribution in [0.2, 0.25) is 0 Å². The lowest BCUT2D eigenvalue weighted by molar-refractivity contribution is 0.0953. The average molecular weight is 288 g/mol. The van der Waals surface area contributed by atoms with E-state index in [0.717, 1.165) is 23.4 Å². The monoisotopic (exact) mass is 288 g/mol. The Morgan fingerprint density at radius 1 is 1.38 bits per heavy atom. The van der Waals surface area contributed by atoms with Crippen LogP contribution in [0.4, 0.5) is 0 Å². The fourth-order valence-corrected chi connectivity index (χ4v) is 1.93. The minimum absolute atomic E-state index is 0.0837. The van der Waals surface area contributed by atoms with Crippen LogP contribution in [0, 0.1) is 13.8 Å². The van der Waals surface area contributed by atoms with Crippen molar-refractivity contribution in [2.45, 2.75) is 33.8 Å². The van der Waals surface area contributed by atoms with E-state index in [-0.39, 0.29) is 5.91 Å². The molecule has 1 aromatic heterocycles. The van der Waals surface area contributed by atoms with E-state index in [0.29, 0.717) is 24.5 Å². The van der Waals surface area contributed by atoms with Crippen LogP contribution in [-0.2, 0) is 6.61 Å². The van der Waals surface area contributed by atoms with Crippen LogP contribution in [0.15, 0.2) is 28.8 Å². The van der Waals surface area contributed by atoms with Gasteiger partial charge in [0.25, 0.3) is 5.91 Å². The first kappa shape index (κ1) is 15.1. The second-order valence-corrected chi connectivity index (χ2v) is 4.88. The van der Waals surface area contributed by atoms with Crippen LogP contribution < -0.4 is 10.1 Å². The topological polar surface area (TPSA) is 64.4 Å². The first-order chi connectivity index (χ1) is 10.1. The molecule has 0 aliphatic carbocycles. The molecule has 5 nitrogen and oxygen atoms in total. The fourth-order valence-electron chi connectivity index (χ4n) is 1.93. The zero-order chi connectivity index (χ0) is 15.2. The number of nitrogens with one attached hydrogen (secondary N) is 1. The summed E-state index contributed by atoms with van der Waals surface area (Å²) in [4.78, 5) is 11.9. The van der Waals surface area contributed by atoms with Gasteiger partial charge in [-0.3, -0.25) is 4.79 Å². The number of rotatable bonds is 6. The lowest BCUT2D eigenvalue weighted by Crippen LogP contribution is -2.23. The zero-order valence-electron chi connectivity index (χ0n) is 12.6. The molecule has 0 aliphatic heterocycles. The third kappa shape index (κ3) is 3.84. The molecule has 0 saturated heterocycles. The summed E-state index contributed by atoms with van der Waals surface area (Å²) in [6.45, 7) is 6.80. The van der Waals surface area contributed by atoms with Crippen LogP contribution in [0.5, 0.6) is 5.75 Å². The van der Waals surface area contributed by atoms with Gasteiger partial charge in [-0.25, -0.2) is 0 Å². The van der Waals surface area contributed by atoms with Gasteiger partial charge in [-0.15, -0.1) is 0 Å². The molecule has 2 aromatic rings. The number of hydrogen-bond acceptors (Lipinski definition) is 4. The molecule has 0 spiro atoms. The van der Waals surface area contributed by atoms with Crippen molar-refractivity contribution in [2.24, 2.45) is 0 Å². The molecule has 0 unspecified atom stereocenters. The van der Waals surface area contributed by atoms with E-state index in [1.807, 2.05) is 32.9 Å². The largest absolute Gasteiger partial charge is 0.489 e. The highest BCUT2D eigenvalue weighted by Crippen LogP contribution is 2.18. The van der Waals surface area contributed by atoms with E-state index in [2.05, 4.69) is 10.5 Å². The van der Waals surface area contributed by atoms with E-state index in [9.17, 15) is 4.79 Å². The minimum Gasteiger partial charge on any atom is -0.489 e. The summed E-state index contributed by atoms with van der Waals surface area (Å²) in [5.74, 6) is 1.32. The van der Waals surface area contributed by atoms with E-state index in [1.54, 1.807) is 12.1 Å². The predicted molar refractivity (Wildman–Crippen MR) is 79.4 cm³/mol. The van der Waals surface area contributed by atoms with Crippen molar-refractivity contribution in [3.8, 4) is 5.75 Å². The minimum atomic E-state index is -0.0837. The number of ether oxygens (including phenoxy) is 1. The predicted octanol–water partition coefficient (Wildman–Crippen LogP) is 3.01. The van der Waals surface area contributed by atoms with Crippen molar-refractivity contribution in [2.75, 3.05) is 6.54 Å². The Balaban J connectivity index is 2.03. The van der Waals surface area contributed by atoms with Gasteiger partial charge >= 0.3 is 0 Å². The van der Waals surface area contributed by atoms with Gasteiger partial charge in [-0.2, -0.15) is 0 Å².